The van der Waals surface area contributed by atoms with Gasteiger partial charge in [-0.05, 0) is 29.8 Å². The van der Waals surface area contributed by atoms with Gasteiger partial charge in [0.05, 0.1) is 7.11 Å². The lowest BCUT2D eigenvalue weighted by molar-refractivity contribution is -0.140. The Morgan fingerprint density at radius 2 is 1.80 bits per heavy atom. The maximum Gasteiger partial charge on any atom is 0.433 e. The minimum Gasteiger partial charge on any atom is -0.507 e. The van der Waals surface area contributed by atoms with Crippen molar-refractivity contribution in [2.24, 2.45) is 0 Å². The molecule has 1 heterocycles. The van der Waals surface area contributed by atoms with Crippen LogP contribution in [0.1, 0.15) is 5.69 Å². The fourth-order valence-electron chi connectivity index (χ4n) is 2.48. The molecule has 0 saturated carbocycles. The summed E-state index contributed by atoms with van der Waals surface area (Å²) in [4.78, 5) is 0. The van der Waals surface area contributed by atoms with Crippen molar-refractivity contribution in [1.29, 1.82) is 0 Å². The summed E-state index contributed by atoms with van der Waals surface area (Å²) < 4.78 is 45.1. The molecule has 130 valence electrons. The first-order valence-corrected chi connectivity index (χ1v) is 7.48. The highest BCUT2D eigenvalue weighted by atomic mass is 35.5. The molecule has 4 nitrogen and oxygen atoms in total. The van der Waals surface area contributed by atoms with Gasteiger partial charge in [-0.3, -0.25) is 5.10 Å². The number of alkyl halides is 3. The Balaban J connectivity index is 2.24. The number of rotatable bonds is 3. The lowest BCUT2D eigenvalue weighted by Gasteiger charge is -2.11. The molecule has 0 atom stereocenters. The van der Waals surface area contributed by atoms with E-state index >= 15 is 0 Å². The molecule has 0 aliphatic rings. The van der Waals surface area contributed by atoms with Crippen LogP contribution in [0.4, 0.5) is 13.2 Å². The maximum absolute atomic E-state index is 13.4. The molecule has 3 aromatic rings. The van der Waals surface area contributed by atoms with E-state index in [0.29, 0.717) is 10.8 Å². The zero-order valence-electron chi connectivity index (χ0n) is 12.9. The number of phenols is 1. The molecule has 0 fully saturated rings. The molecule has 0 spiro atoms. The predicted octanol–water partition coefficient (Wildman–Crippen LogP) is 5.13. The number of aromatic hydroxyl groups is 1. The molecular weight excluding hydrogens is 357 g/mol. The van der Waals surface area contributed by atoms with Gasteiger partial charge in [0.25, 0.3) is 0 Å². The molecule has 3 rings (SSSR count). The molecule has 1 aromatic heterocycles. The number of ether oxygens (including phenoxy) is 1. The molecule has 0 radical (unpaired) electrons. The first kappa shape index (κ1) is 17.2. The zero-order chi connectivity index (χ0) is 18.2. The molecule has 2 N–H and O–H groups in total. The van der Waals surface area contributed by atoms with E-state index in [1.807, 2.05) is 5.10 Å². The summed E-state index contributed by atoms with van der Waals surface area (Å²) in [6, 6.07) is 10.2. The van der Waals surface area contributed by atoms with Crippen molar-refractivity contribution in [1.82, 2.24) is 10.2 Å². The third-order valence-corrected chi connectivity index (χ3v) is 3.89. The second-order valence-electron chi connectivity index (χ2n) is 5.21. The van der Waals surface area contributed by atoms with Gasteiger partial charge < -0.3 is 9.84 Å². The number of H-pyrrole nitrogens is 1. The monoisotopic (exact) mass is 368 g/mol. The minimum absolute atomic E-state index is 0.0187. The zero-order valence-corrected chi connectivity index (χ0v) is 13.6. The van der Waals surface area contributed by atoms with Crippen molar-refractivity contribution >= 4 is 11.6 Å². The predicted molar refractivity (Wildman–Crippen MR) is 87.7 cm³/mol. The largest absolute Gasteiger partial charge is 0.507 e. The maximum atomic E-state index is 13.4. The van der Waals surface area contributed by atoms with Gasteiger partial charge in [-0.25, -0.2) is 0 Å². The Morgan fingerprint density at radius 3 is 2.36 bits per heavy atom. The first-order valence-electron chi connectivity index (χ1n) is 7.10. The standard InChI is InChI=1S/C17H12ClF3N2O2/c1-25-11-6-7-12(13(24)8-11)15-14(9-2-4-10(18)5-3-9)16(23-22-15)17(19,20)21/h2-8,24H,1H3,(H,22,23). The van der Waals surface area contributed by atoms with Gasteiger partial charge in [0, 0.05) is 22.2 Å². The van der Waals surface area contributed by atoms with E-state index in [9.17, 15) is 18.3 Å². The highest BCUT2D eigenvalue weighted by Crippen LogP contribution is 2.43. The van der Waals surface area contributed by atoms with E-state index in [2.05, 4.69) is 5.10 Å². The van der Waals surface area contributed by atoms with Crippen molar-refractivity contribution in [3.63, 3.8) is 0 Å². The van der Waals surface area contributed by atoms with Crippen molar-refractivity contribution in [3.8, 4) is 33.9 Å². The van der Waals surface area contributed by atoms with Gasteiger partial charge in [0.1, 0.15) is 22.9 Å². The molecule has 0 aliphatic carbocycles. The van der Waals surface area contributed by atoms with Crippen LogP contribution in [0.25, 0.3) is 22.4 Å². The molecule has 0 bridgehead atoms. The van der Waals surface area contributed by atoms with Gasteiger partial charge in [-0.1, -0.05) is 23.7 Å². The number of phenolic OH excluding ortho intramolecular Hbond substituents is 1. The third-order valence-electron chi connectivity index (χ3n) is 3.64. The topological polar surface area (TPSA) is 58.1 Å². The van der Waals surface area contributed by atoms with Crippen molar-refractivity contribution in [2.75, 3.05) is 7.11 Å². The number of aromatic amines is 1. The SMILES string of the molecule is COc1ccc(-c2n[nH]c(C(F)(F)F)c2-c2ccc(Cl)cc2)c(O)c1. The number of nitrogens with one attached hydrogen (secondary N) is 1. The van der Waals surface area contributed by atoms with Crippen LogP contribution in [0, 0.1) is 0 Å². The second-order valence-corrected chi connectivity index (χ2v) is 5.65. The van der Waals surface area contributed by atoms with Gasteiger partial charge in [-0.15, -0.1) is 0 Å². The summed E-state index contributed by atoms with van der Waals surface area (Å²) in [6.45, 7) is 0. The minimum atomic E-state index is -4.64. The van der Waals surface area contributed by atoms with Crippen LogP contribution in [0.3, 0.4) is 0 Å². The van der Waals surface area contributed by atoms with Gasteiger partial charge >= 0.3 is 6.18 Å². The van der Waals surface area contributed by atoms with Gasteiger partial charge in [-0.2, -0.15) is 18.3 Å². The van der Waals surface area contributed by atoms with Crippen molar-refractivity contribution in [2.45, 2.75) is 6.18 Å². The summed E-state index contributed by atoms with van der Waals surface area (Å²) in [5.74, 6) is 0.135. The summed E-state index contributed by atoms with van der Waals surface area (Å²) >= 11 is 5.82. The van der Waals surface area contributed by atoms with Crippen LogP contribution in [-0.4, -0.2) is 22.4 Å². The van der Waals surface area contributed by atoms with Crippen LogP contribution < -0.4 is 4.74 Å². The summed E-state index contributed by atoms with van der Waals surface area (Å²) in [6.07, 6.45) is -4.64. The fourth-order valence-corrected chi connectivity index (χ4v) is 2.60. The molecule has 0 unspecified atom stereocenters. The number of hydrogen-bond donors (Lipinski definition) is 2. The van der Waals surface area contributed by atoms with Crippen LogP contribution in [0.2, 0.25) is 5.02 Å². The van der Waals surface area contributed by atoms with E-state index in [1.54, 1.807) is 0 Å². The number of nitrogens with zero attached hydrogens (tertiary/aromatic N) is 1. The molecule has 25 heavy (non-hydrogen) atoms. The Hall–Kier alpha value is -2.67. The fraction of sp³-hybridized carbons (Fsp3) is 0.118. The highest BCUT2D eigenvalue weighted by Gasteiger charge is 2.38. The molecule has 8 heteroatoms. The molecule has 0 aliphatic heterocycles. The smallest absolute Gasteiger partial charge is 0.433 e. The van der Waals surface area contributed by atoms with E-state index in [1.165, 1.54) is 49.6 Å². The lowest BCUT2D eigenvalue weighted by atomic mass is 9.98. The van der Waals surface area contributed by atoms with Crippen molar-refractivity contribution < 1.29 is 23.0 Å². The Kier molecular flexibility index (Phi) is 4.34. The number of benzene rings is 2. The van der Waals surface area contributed by atoms with Crippen LogP contribution in [0.5, 0.6) is 11.5 Å². The average molecular weight is 369 g/mol. The van der Waals surface area contributed by atoms with Gasteiger partial charge in [0.15, 0.2) is 0 Å². The number of halogens is 4. The number of aromatic nitrogens is 2. The molecule has 2 aromatic carbocycles. The van der Waals surface area contributed by atoms with E-state index in [0.717, 1.165) is 0 Å². The quantitative estimate of drug-likeness (QED) is 0.673. The number of methoxy groups -OCH3 is 1. The number of hydrogen-bond acceptors (Lipinski definition) is 3. The Labute approximate surface area is 145 Å². The summed E-state index contributed by atoms with van der Waals surface area (Å²) in [7, 11) is 1.42. The summed E-state index contributed by atoms with van der Waals surface area (Å²) in [5.41, 5.74) is -0.757. The Morgan fingerprint density at radius 1 is 1.12 bits per heavy atom. The van der Waals surface area contributed by atoms with Crippen LogP contribution in [0.15, 0.2) is 42.5 Å². The van der Waals surface area contributed by atoms with Gasteiger partial charge in [0.2, 0.25) is 0 Å². The van der Waals surface area contributed by atoms with E-state index in [-0.39, 0.29) is 28.1 Å². The summed E-state index contributed by atoms with van der Waals surface area (Å²) in [5, 5.41) is 16.4. The molecule has 0 amide bonds. The average Bonchev–Trinajstić information content (AvgIpc) is 3.00. The second kappa shape index (κ2) is 6.33. The Bertz CT molecular complexity index is 905. The third kappa shape index (κ3) is 3.28. The highest BCUT2D eigenvalue weighted by molar-refractivity contribution is 6.30. The van der Waals surface area contributed by atoms with Crippen molar-refractivity contribution in [3.05, 3.63) is 53.2 Å². The first-order chi connectivity index (χ1) is 11.8. The molecule has 0 saturated heterocycles. The van der Waals surface area contributed by atoms with E-state index < -0.39 is 11.9 Å². The lowest BCUT2D eigenvalue weighted by Crippen LogP contribution is -2.07. The van der Waals surface area contributed by atoms with Crippen LogP contribution >= 0.6 is 11.6 Å². The normalized spacial score (nSPS) is 11.6. The van der Waals surface area contributed by atoms with E-state index in [4.69, 9.17) is 16.3 Å². The molecular formula is C17H12ClF3N2O2. The van der Waals surface area contributed by atoms with Crippen LogP contribution in [-0.2, 0) is 6.18 Å².